The van der Waals surface area contributed by atoms with E-state index in [-0.39, 0.29) is 17.3 Å². The zero-order chi connectivity index (χ0) is 24.0. The predicted molar refractivity (Wildman–Crippen MR) is 133 cm³/mol. The number of hydrogen-bond acceptors (Lipinski definition) is 4. The first kappa shape index (κ1) is 22.8. The number of carbonyl (C=O) groups excluding carboxylic acids is 1. The lowest BCUT2D eigenvalue weighted by atomic mass is 9.76. The van der Waals surface area contributed by atoms with Crippen LogP contribution in [0.1, 0.15) is 55.2 Å². The Morgan fingerprint density at radius 1 is 1.12 bits per heavy atom. The highest BCUT2D eigenvalue weighted by molar-refractivity contribution is 7.10. The van der Waals surface area contributed by atoms with Crippen LogP contribution in [0.15, 0.2) is 60.0 Å². The molecule has 0 saturated carbocycles. The number of carbonyl (C=O) groups is 1. The second-order valence-electron chi connectivity index (χ2n) is 9.77. The molecule has 1 aliphatic rings. The van der Waals surface area contributed by atoms with E-state index < -0.39 is 11.5 Å². The lowest BCUT2D eigenvalue weighted by Gasteiger charge is -2.45. The summed E-state index contributed by atoms with van der Waals surface area (Å²) in [5.74, 6) is -0.500. The molecule has 33 heavy (non-hydrogen) atoms. The van der Waals surface area contributed by atoms with Crippen molar-refractivity contribution in [2.45, 2.75) is 44.6 Å². The van der Waals surface area contributed by atoms with Crippen molar-refractivity contribution in [3.05, 3.63) is 81.5 Å². The number of nitriles is 1. The largest absolute Gasteiger partial charge is 0.345 e. The lowest BCUT2D eigenvalue weighted by molar-refractivity contribution is -0.131. The van der Waals surface area contributed by atoms with Gasteiger partial charge in [0.15, 0.2) is 5.96 Å². The van der Waals surface area contributed by atoms with Gasteiger partial charge in [0, 0.05) is 11.9 Å². The van der Waals surface area contributed by atoms with E-state index in [1.807, 2.05) is 42.6 Å². The van der Waals surface area contributed by atoms with Gasteiger partial charge in [0.25, 0.3) is 0 Å². The van der Waals surface area contributed by atoms with Crippen molar-refractivity contribution in [2.24, 2.45) is 0 Å². The molecule has 1 aliphatic heterocycles. The fraction of sp³-hybridized carbons (Fsp3) is 0.296. The molecule has 2 atom stereocenters. The van der Waals surface area contributed by atoms with Crippen LogP contribution in [0.25, 0.3) is 11.1 Å². The molecular weight excluding hydrogens is 428 g/mol. The Bertz CT molecular complexity index is 1260. The van der Waals surface area contributed by atoms with Gasteiger partial charge in [-0.15, -0.1) is 11.3 Å². The Kier molecular flexibility index (Phi) is 5.63. The Morgan fingerprint density at radius 3 is 2.45 bits per heavy atom. The van der Waals surface area contributed by atoms with Crippen molar-refractivity contribution in [3.63, 3.8) is 0 Å². The lowest BCUT2D eigenvalue weighted by Crippen LogP contribution is -2.62. The van der Waals surface area contributed by atoms with Crippen molar-refractivity contribution in [2.75, 3.05) is 7.05 Å². The molecule has 1 saturated heterocycles. The predicted octanol–water partition coefficient (Wildman–Crippen LogP) is 5.58. The third-order valence-corrected chi connectivity index (χ3v) is 7.58. The Hall–Kier alpha value is -3.43. The minimum Gasteiger partial charge on any atom is -0.345 e. The summed E-state index contributed by atoms with van der Waals surface area (Å²) in [7, 11) is 1.64. The van der Waals surface area contributed by atoms with Gasteiger partial charge < -0.3 is 5.32 Å². The summed E-state index contributed by atoms with van der Waals surface area (Å²) < 4.78 is 0. The highest BCUT2D eigenvalue weighted by Gasteiger charge is 2.49. The van der Waals surface area contributed by atoms with Gasteiger partial charge in [-0.05, 0) is 58.2 Å². The van der Waals surface area contributed by atoms with E-state index in [0.717, 1.165) is 21.6 Å². The second-order valence-corrected chi connectivity index (χ2v) is 10.7. The molecule has 2 N–H and O–H groups in total. The molecule has 0 aliphatic carbocycles. The standard InChI is InChI=1S/C27H28N4OS/c1-26(2,3)21-11-9-18(10-12-21)23-24(32)31(5)25(29)30-27(23,4)22-14-20(16-33-22)19-8-6-7-17(13-19)15-28/h6-14,16,23H,1-5H3,(H2,29,30)/t23-,27-/m1/s1. The maximum atomic E-state index is 13.5. The van der Waals surface area contributed by atoms with Gasteiger partial charge >= 0.3 is 0 Å². The maximum absolute atomic E-state index is 13.5. The van der Waals surface area contributed by atoms with Crippen LogP contribution in [0.4, 0.5) is 0 Å². The SMILES string of the molecule is CN1C(=N)N[C@](C)(c2cc(-c3cccc(C#N)c3)cs2)[C@H](c2ccc(C(C)(C)C)cc2)C1=O. The summed E-state index contributed by atoms with van der Waals surface area (Å²) >= 11 is 1.56. The van der Waals surface area contributed by atoms with Crippen LogP contribution in [0.2, 0.25) is 0 Å². The molecule has 1 aromatic heterocycles. The van der Waals surface area contributed by atoms with Crippen LogP contribution in [0, 0.1) is 16.7 Å². The van der Waals surface area contributed by atoms with E-state index in [0.29, 0.717) is 5.56 Å². The molecule has 0 bridgehead atoms. The van der Waals surface area contributed by atoms with E-state index in [2.05, 4.69) is 50.4 Å². The third kappa shape index (κ3) is 4.05. The number of rotatable bonds is 3. The molecule has 168 valence electrons. The van der Waals surface area contributed by atoms with Crippen molar-refractivity contribution >= 4 is 23.2 Å². The van der Waals surface area contributed by atoms with Crippen LogP contribution in [0.5, 0.6) is 0 Å². The number of amides is 1. The van der Waals surface area contributed by atoms with Crippen LogP contribution in [-0.2, 0) is 15.7 Å². The third-order valence-electron chi connectivity index (χ3n) is 6.41. The molecule has 0 radical (unpaired) electrons. The van der Waals surface area contributed by atoms with Crippen molar-refractivity contribution in [1.29, 1.82) is 10.7 Å². The topological polar surface area (TPSA) is 80.0 Å². The van der Waals surface area contributed by atoms with Crippen LogP contribution < -0.4 is 5.32 Å². The first-order valence-electron chi connectivity index (χ1n) is 10.9. The Labute approximate surface area is 199 Å². The van der Waals surface area contributed by atoms with Crippen molar-refractivity contribution in [3.8, 4) is 17.2 Å². The molecule has 0 spiro atoms. The average molecular weight is 457 g/mol. The number of benzene rings is 2. The van der Waals surface area contributed by atoms with Crippen LogP contribution in [-0.4, -0.2) is 23.8 Å². The zero-order valence-corrected chi connectivity index (χ0v) is 20.4. The minimum atomic E-state index is -0.778. The maximum Gasteiger partial charge on any atom is 0.239 e. The van der Waals surface area contributed by atoms with Gasteiger partial charge in [-0.1, -0.05) is 57.2 Å². The van der Waals surface area contributed by atoms with Gasteiger partial charge in [-0.3, -0.25) is 15.1 Å². The number of nitrogens with one attached hydrogen (secondary N) is 2. The molecule has 4 rings (SSSR count). The van der Waals surface area contributed by atoms with E-state index in [1.54, 1.807) is 24.5 Å². The number of hydrogen-bond donors (Lipinski definition) is 2. The first-order chi connectivity index (χ1) is 15.5. The molecular formula is C27H28N4OS. The van der Waals surface area contributed by atoms with E-state index in [4.69, 9.17) is 5.41 Å². The van der Waals surface area contributed by atoms with Crippen molar-refractivity contribution < 1.29 is 4.79 Å². The molecule has 2 heterocycles. The number of likely N-dealkylation sites (N-methyl/N-ethyl adjacent to an activating group) is 1. The van der Waals surface area contributed by atoms with Gasteiger partial charge in [0.1, 0.15) is 0 Å². The fourth-order valence-corrected chi connectivity index (χ4v) is 5.40. The summed E-state index contributed by atoms with van der Waals surface area (Å²) in [6.07, 6.45) is 0. The molecule has 6 heteroatoms. The molecule has 3 aromatic rings. The molecule has 1 amide bonds. The number of thiophene rings is 1. The van der Waals surface area contributed by atoms with Gasteiger partial charge in [0.2, 0.25) is 5.91 Å². The fourth-order valence-electron chi connectivity index (χ4n) is 4.34. The second kappa shape index (κ2) is 8.17. The highest BCUT2D eigenvalue weighted by Crippen LogP contribution is 2.44. The summed E-state index contributed by atoms with van der Waals surface area (Å²) in [6.45, 7) is 8.51. The molecule has 1 fully saturated rings. The number of guanidine groups is 1. The first-order valence-corrected chi connectivity index (χ1v) is 11.8. The van der Waals surface area contributed by atoms with Crippen molar-refractivity contribution in [1.82, 2.24) is 10.2 Å². The summed E-state index contributed by atoms with van der Waals surface area (Å²) in [5.41, 5.74) is 3.94. The highest BCUT2D eigenvalue weighted by atomic mass is 32.1. The molecule has 2 aromatic carbocycles. The molecule has 5 nitrogen and oxygen atoms in total. The van der Waals surface area contributed by atoms with Crippen LogP contribution in [0.3, 0.4) is 0 Å². The minimum absolute atomic E-state index is 0.0240. The smallest absolute Gasteiger partial charge is 0.239 e. The Morgan fingerprint density at radius 2 is 1.82 bits per heavy atom. The quantitative estimate of drug-likeness (QED) is 0.540. The van der Waals surface area contributed by atoms with E-state index in [1.165, 1.54) is 10.5 Å². The van der Waals surface area contributed by atoms with Gasteiger partial charge in [0.05, 0.1) is 23.1 Å². The van der Waals surface area contributed by atoms with E-state index >= 15 is 0 Å². The molecule has 0 unspecified atom stereocenters. The normalized spacial score (nSPS) is 21.0. The average Bonchev–Trinajstić information content (AvgIpc) is 3.29. The van der Waals surface area contributed by atoms with Gasteiger partial charge in [-0.2, -0.15) is 5.26 Å². The zero-order valence-electron chi connectivity index (χ0n) is 19.6. The Balaban J connectivity index is 1.79. The number of nitrogens with zero attached hydrogens (tertiary/aromatic N) is 2. The van der Waals surface area contributed by atoms with Gasteiger partial charge in [-0.25, -0.2) is 0 Å². The summed E-state index contributed by atoms with van der Waals surface area (Å²) in [6, 6.07) is 20.0. The monoisotopic (exact) mass is 456 g/mol. The summed E-state index contributed by atoms with van der Waals surface area (Å²) in [4.78, 5) is 15.8. The summed E-state index contributed by atoms with van der Waals surface area (Å²) in [5, 5.41) is 23.0. The van der Waals surface area contributed by atoms with E-state index in [9.17, 15) is 10.1 Å². The van der Waals surface area contributed by atoms with Crippen LogP contribution >= 0.6 is 11.3 Å².